The van der Waals surface area contributed by atoms with Crippen molar-refractivity contribution < 1.29 is 14.6 Å². The maximum Gasteiger partial charge on any atom is 0.245 e. The molecule has 0 radical (unpaired) electrons. The van der Waals surface area contributed by atoms with Crippen LogP contribution < -0.4 is 5.32 Å². The molecule has 4 heteroatoms. The van der Waals surface area contributed by atoms with Gasteiger partial charge >= 0.3 is 0 Å². The van der Waals surface area contributed by atoms with E-state index < -0.39 is 5.60 Å². The Morgan fingerprint density at radius 2 is 2.29 bits per heavy atom. The second kappa shape index (κ2) is 6.56. The summed E-state index contributed by atoms with van der Waals surface area (Å²) >= 11 is 0. The number of ether oxygens (including phenoxy) is 1. The molecule has 0 aromatic rings. The van der Waals surface area contributed by atoms with E-state index >= 15 is 0 Å². The first-order valence-corrected chi connectivity index (χ1v) is 4.66. The van der Waals surface area contributed by atoms with Crippen LogP contribution in [-0.4, -0.2) is 30.0 Å². The van der Waals surface area contributed by atoms with Gasteiger partial charge in [-0.05, 0) is 32.8 Å². The van der Waals surface area contributed by atoms with E-state index in [2.05, 4.69) is 11.9 Å². The third-order valence-corrected chi connectivity index (χ3v) is 1.61. The maximum atomic E-state index is 10.7. The van der Waals surface area contributed by atoms with Crippen LogP contribution >= 0.6 is 0 Å². The summed E-state index contributed by atoms with van der Waals surface area (Å²) in [6.45, 7) is 7.54. The number of amides is 1. The summed E-state index contributed by atoms with van der Waals surface area (Å²) in [6, 6.07) is 0. The fraction of sp³-hybridized carbons (Fsp3) is 0.700. The van der Waals surface area contributed by atoms with E-state index in [4.69, 9.17) is 4.74 Å². The van der Waals surface area contributed by atoms with Gasteiger partial charge in [-0.25, -0.2) is 0 Å². The average molecular weight is 201 g/mol. The molecule has 0 aliphatic rings. The van der Waals surface area contributed by atoms with Crippen molar-refractivity contribution in [1.29, 1.82) is 0 Å². The van der Waals surface area contributed by atoms with Crippen LogP contribution in [0.3, 0.4) is 0 Å². The van der Waals surface area contributed by atoms with Crippen molar-refractivity contribution in [3.8, 4) is 0 Å². The van der Waals surface area contributed by atoms with Gasteiger partial charge in [0.25, 0.3) is 0 Å². The molecule has 0 aliphatic heterocycles. The molecule has 0 aliphatic carbocycles. The SMILES string of the molecule is C=CC(=O)NCOCCCC(C)(C)O. The molecule has 0 bridgehead atoms. The topological polar surface area (TPSA) is 58.6 Å². The van der Waals surface area contributed by atoms with Crippen LogP contribution in [0.5, 0.6) is 0 Å². The molecule has 0 saturated carbocycles. The zero-order valence-corrected chi connectivity index (χ0v) is 8.88. The Hall–Kier alpha value is -0.870. The van der Waals surface area contributed by atoms with Crippen LogP contribution in [0, 0.1) is 0 Å². The normalized spacial score (nSPS) is 11.1. The lowest BCUT2D eigenvalue weighted by molar-refractivity contribution is -0.118. The second-order valence-electron chi connectivity index (χ2n) is 3.71. The standard InChI is InChI=1S/C10H19NO3/c1-4-9(12)11-8-14-7-5-6-10(2,3)13/h4,13H,1,5-8H2,2-3H3,(H,11,12). The molecule has 2 N–H and O–H groups in total. The van der Waals surface area contributed by atoms with Crippen LogP contribution in [0.4, 0.5) is 0 Å². The van der Waals surface area contributed by atoms with Crippen molar-refractivity contribution >= 4 is 5.91 Å². The molecule has 14 heavy (non-hydrogen) atoms. The summed E-state index contributed by atoms with van der Waals surface area (Å²) < 4.78 is 5.11. The Labute approximate surface area is 85.0 Å². The van der Waals surface area contributed by atoms with Crippen LogP contribution in [0.15, 0.2) is 12.7 Å². The summed E-state index contributed by atoms with van der Waals surface area (Å²) in [7, 11) is 0. The zero-order valence-electron chi connectivity index (χ0n) is 8.88. The molecule has 0 fully saturated rings. The van der Waals surface area contributed by atoms with E-state index in [1.807, 2.05) is 0 Å². The number of carbonyl (C=O) groups excluding carboxylic acids is 1. The molecule has 4 nitrogen and oxygen atoms in total. The third kappa shape index (κ3) is 9.22. The number of hydrogen-bond acceptors (Lipinski definition) is 3. The van der Waals surface area contributed by atoms with E-state index in [9.17, 15) is 9.90 Å². The third-order valence-electron chi connectivity index (χ3n) is 1.61. The second-order valence-corrected chi connectivity index (χ2v) is 3.71. The molecule has 0 aromatic heterocycles. The predicted molar refractivity (Wildman–Crippen MR) is 54.7 cm³/mol. The summed E-state index contributed by atoms with van der Waals surface area (Å²) in [5.74, 6) is -0.243. The molecular formula is C10H19NO3. The molecule has 0 spiro atoms. The predicted octanol–water partition coefficient (Wildman–Crippen LogP) is 0.814. The zero-order chi connectivity index (χ0) is 11.0. The monoisotopic (exact) mass is 201 g/mol. The van der Waals surface area contributed by atoms with Crippen molar-refractivity contribution in [2.45, 2.75) is 32.3 Å². The van der Waals surface area contributed by atoms with E-state index in [1.165, 1.54) is 6.08 Å². The van der Waals surface area contributed by atoms with Gasteiger partial charge in [0.15, 0.2) is 0 Å². The Morgan fingerprint density at radius 1 is 1.64 bits per heavy atom. The number of nitrogens with one attached hydrogen (secondary N) is 1. The first kappa shape index (κ1) is 13.1. The highest BCUT2D eigenvalue weighted by Gasteiger charge is 2.10. The van der Waals surface area contributed by atoms with E-state index in [1.54, 1.807) is 13.8 Å². The van der Waals surface area contributed by atoms with Crippen molar-refractivity contribution in [1.82, 2.24) is 5.32 Å². The molecule has 0 aromatic carbocycles. The smallest absolute Gasteiger partial charge is 0.245 e. The maximum absolute atomic E-state index is 10.7. The molecule has 0 atom stereocenters. The fourth-order valence-electron chi connectivity index (χ4n) is 0.873. The summed E-state index contributed by atoms with van der Waals surface area (Å²) in [6.07, 6.45) is 2.65. The molecule has 0 rings (SSSR count). The highest BCUT2D eigenvalue weighted by atomic mass is 16.5. The quantitative estimate of drug-likeness (QED) is 0.364. The van der Waals surface area contributed by atoms with Crippen LogP contribution in [0.25, 0.3) is 0 Å². The van der Waals surface area contributed by atoms with Gasteiger partial charge < -0.3 is 15.2 Å². The lowest BCUT2D eigenvalue weighted by atomic mass is 10.0. The fourth-order valence-corrected chi connectivity index (χ4v) is 0.873. The van der Waals surface area contributed by atoms with Gasteiger partial charge in [-0.1, -0.05) is 6.58 Å². The Balaban J connectivity index is 3.22. The molecular weight excluding hydrogens is 182 g/mol. The van der Waals surface area contributed by atoms with Crippen molar-refractivity contribution in [3.05, 3.63) is 12.7 Å². The summed E-state index contributed by atoms with van der Waals surface area (Å²) in [4.78, 5) is 10.7. The Morgan fingerprint density at radius 3 is 2.79 bits per heavy atom. The highest BCUT2D eigenvalue weighted by molar-refractivity contribution is 5.86. The van der Waals surface area contributed by atoms with Gasteiger partial charge in [0, 0.05) is 6.61 Å². The molecule has 0 unspecified atom stereocenters. The van der Waals surface area contributed by atoms with E-state index in [-0.39, 0.29) is 12.6 Å². The Kier molecular flexibility index (Phi) is 6.16. The first-order chi connectivity index (χ1) is 6.45. The molecule has 1 amide bonds. The number of carbonyl (C=O) groups is 1. The van der Waals surface area contributed by atoms with Crippen LogP contribution in [0.2, 0.25) is 0 Å². The Bertz CT molecular complexity index is 184. The molecule has 0 saturated heterocycles. The van der Waals surface area contributed by atoms with Gasteiger partial charge in [0.2, 0.25) is 5.91 Å². The van der Waals surface area contributed by atoms with Gasteiger partial charge in [-0.2, -0.15) is 0 Å². The number of hydrogen-bond donors (Lipinski definition) is 2. The largest absolute Gasteiger partial charge is 0.390 e. The van der Waals surface area contributed by atoms with Gasteiger partial charge in [0.05, 0.1) is 5.60 Å². The van der Waals surface area contributed by atoms with Crippen LogP contribution in [0.1, 0.15) is 26.7 Å². The lowest BCUT2D eigenvalue weighted by Gasteiger charge is -2.16. The summed E-state index contributed by atoms with van der Waals surface area (Å²) in [5, 5.41) is 11.9. The average Bonchev–Trinajstić information content (AvgIpc) is 2.08. The highest BCUT2D eigenvalue weighted by Crippen LogP contribution is 2.09. The molecule has 0 heterocycles. The molecule has 82 valence electrons. The summed E-state index contributed by atoms with van der Waals surface area (Å²) in [5.41, 5.74) is -0.645. The minimum Gasteiger partial charge on any atom is -0.390 e. The number of aliphatic hydroxyl groups is 1. The number of rotatable bonds is 7. The first-order valence-electron chi connectivity index (χ1n) is 4.66. The van der Waals surface area contributed by atoms with E-state index in [0.717, 1.165) is 6.42 Å². The minimum atomic E-state index is -0.645. The lowest BCUT2D eigenvalue weighted by Crippen LogP contribution is -2.25. The van der Waals surface area contributed by atoms with E-state index in [0.29, 0.717) is 13.0 Å². The van der Waals surface area contributed by atoms with Gasteiger partial charge in [-0.3, -0.25) is 4.79 Å². The van der Waals surface area contributed by atoms with Crippen molar-refractivity contribution in [2.75, 3.05) is 13.3 Å². The van der Waals surface area contributed by atoms with Gasteiger partial charge in [0.1, 0.15) is 6.73 Å². The minimum absolute atomic E-state index is 0.191. The van der Waals surface area contributed by atoms with Crippen molar-refractivity contribution in [3.63, 3.8) is 0 Å². The van der Waals surface area contributed by atoms with Gasteiger partial charge in [-0.15, -0.1) is 0 Å². The van der Waals surface area contributed by atoms with Crippen LogP contribution in [-0.2, 0) is 9.53 Å². The van der Waals surface area contributed by atoms with Crippen molar-refractivity contribution in [2.24, 2.45) is 0 Å².